The van der Waals surface area contributed by atoms with Crippen molar-refractivity contribution in [1.82, 2.24) is 14.7 Å². The third-order valence-electron chi connectivity index (χ3n) is 4.72. The minimum absolute atomic E-state index is 0.0307. The lowest BCUT2D eigenvalue weighted by Crippen LogP contribution is -2.29. The van der Waals surface area contributed by atoms with Gasteiger partial charge in [0.1, 0.15) is 11.4 Å². The molecule has 0 radical (unpaired) electrons. The molecule has 5 nitrogen and oxygen atoms in total. The van der Waals surface area contributed by atoms with E-state index in [4.69, 9.17) is 4.74 Å². The minimum atomic E-state index is -0.149. The van der Waals surface area contributed by atoms with E-state index in [1.165, 1.54) is 0 Å². The summed E-state index contributed by atoms with van der Waals surface area (Å²) >= 11 is 0. The number of imidazole rings is 1. The van der Waals surface area contributed by atoms with Crippen molar-refractivity contribution in [3.05, 3.63) is 65.6 Å². The molecule has 1 aromatic carbocycles. The number of benzene rings is 1. The first-order valence-corrected chi connectivity index (χ1v) is 9.33. The van der Waals surface area contributed by atoms with Gasteiger partial charge in [0, 0.05) is 36.3 Å². The highest BCUT2D eigenvalue weighted by molar-refractivity contribution is 5.77. The van der Waals surface area contributed by atoms with Crippen LogP contribution in [0.5, 0.6) is 5.75 Å². The molecule has 2 heterocycles. The van der Waals surface area contributed by atoms with E-state index in [1.54, 1.807) is 7.11 Å². The van der Waals surface area contributed by atoms with Crippen molar-refractivity contribution in [2.45, 2.75) is 33.1 Å². The van der Waals surface area contributed by atoms with Gasteiger partial charge in [0.2, 0.25) is 5.91 Å². The molecule has 0 spiro atoms. The SMILES string of the molecule is COc1ccccc1C(CC(=O)NCC(C)C)c1cnc2cccc(C)n12. The summed E-state index contributed by atoms with van der Waals surface area (Å²) in [5, 5.41) is 3.04. The Labute approximate surface area is 160 Å². The molecule has 3 aromatic rings. The number of methoxy groups -OCH3 is 1. The number of para-hydroxylation sites is 1. The maximum atomic E-state index is 12.7. The average Bonchev–Trinajstić information content (AvgIpc) is 3.10. The minimum Gasteiger partial charge on any atom is -0.496 e. The molecule has 0 saturated heterocycles. The highest BCUT2D eigenvalue weighted by Crippen LogP contribution is 2.35. The van der Waals surface area contributed by atoms with Crippen LogP contribution < -0.4 is 10.1 Å². The number of aryl methyl sites for hydroxylation is 1. The van der Waals surface area contributed by atoms with Gasteiger partial charge in [-0.2, -0.15) is 0 Å². The molecule has 1 amide bonds. The van der Waals surface area contributed by atoms with E-state index >= 15 is 0 Å². The van der Waals surface area contributed by atoms with Crippen LogP contribution in [0.3, 0.4) is 0 Å². The lowest BCUT2D eigenvalue weighted by Gasteiger charge is -2.20. The van der Waals surface area contributed by atoms with Crippen molar-refractivity contribution in [1.29, 1.82) is 0 Å². The van der Waals surface area contributed by atoms with Crippen molar-refractivity contribution >= 4 is 11.6 Å². The second-order valence-corrected chi connectivity index (χ2v) is 7.24. The average molecular weight is 365 g/mol. The van der Waals surface area contributed by atoms with Crippen LogP contribution in [0.25, 0.3) is 5.65 Å². The smallest absolute Gasteiger partial charge is 0.221 e. The second-order valence-electron chi connectivity index (χ2n) is 7.24. The third-order valence-corrected chi connectivity index (χ3v) is 4.72. The number of rotatable bonds is 7. The fraction of sp³-hybridized carbons (Fsp3) is 0.364. The number of aromatic nitrogens is 2. The fourth-order valence-electron chi connectivity index (χ4n) is 3.38. The summed E-state index contributed by atoms with van der Waals surface area (Å²) < 4.78 is 7.70. The Kier molecular flexibility index (Phi) is 5.79. The van der Waals surface area contributed by atoms with Crippen LogP contribution in [0.15, 0.2) is 48.7 Å². The summed E-state index contributed by atoms with van der Waals surface area (Å²) in [6.07, 6.45) is 2.21. The van der Waals surface area contributed by atoms with E-state index < -0.39 is 0 Å². The van der Waals surface area contributed by atoms with Gasteiger partial charge in [-0.25, -0.2) is 4.98 Å². The highest BCUT2D eigenvalue weighted by atomic mass is 16.5. The first-order valence-electron chi connectivity index (χ1n) is 9.33. The molecular formula is C22H27N3O2. The number of carbonyl (C=O) groups is 1. The zero-order chi connectivity index (χ0) is 19.4. The summed E-state index contributed by atoms with van der Waals surface area (Å²) in [5.74, 6) is 1.08. The van der Waals surface area contributed by atoms with Crippen LogP contribution in [0.1, 0.15) is 43.1 Å². The number of hydrogen-bond donors (Lipinski definition) is 1. The molecule has 0 fully saturated rings. The molecule has 2 aromatic heterocycles. The summed E-state index contributed by atoms with van der Waals surface area (Å²) in [6, 6.07) is 13.9. The molecule has 5 heteroatoms. The van der Waals surface area contributed by atoms with Gasteiger partial charge in [0.05, 0.1) is 12.8 Å². The van der Waals surface area contributed by atoms with Gasteiger partial charge in [-0.15, -0.1) is 0 Å². The number of nitrogens with zero attached hydrogens (tertiary/aromatic N) is 2. The molecule has 27 heavy (non-hydrogen) atoms. The van der Waals surface area contributed by atoms with Crippen molar-refractivity contribution in [3.8, 4) is 5.75 Å². The normalized spacial score (nSPS) is 12.3. The van der Waals surface area contributed by atoms with E-state index in [1.807, 2.05) is 42.6 Å². The molecule has 1 N–H and O–H groups in total. The van der Waals surface area contributed by atoms with Crippen molar-refractivity contribution in [2.75, 3.05) is 13.7 Å². The maximum Gasteiger partial charge on any atom is 0.221 e. The molecule has 0 aliphatic rings. The van der Waals surface area contributed by atoms with E-state index in [0.717, 1.165) is 28.3 Å². The van der Waals surface area contributed by atoms with Crippen LogP contribution in [0, 0.1) is 12.8 Å². The Morgan fingerprint density at radius 1 is 1.19 bits per heavy atom. The molecule has 142 valence electrons. The highest BCUT2D eigenvalue weighted by Gasteiger charge is 2.25. The van der Waals surface area contributed by atoms with Crippen molar-refractivity contribution < 1.29 is 9.53 Å². The number of nitrogens with one attached hydrogen (secondary N) is 1. The molecule has 1 unspecified atom stereocenters. The predicted octanol–water partition coefficient (Wildman–Crippen LogP) is 3.95. The van der Waals surface area contributed by atoms with Crippen molar-refractivity contribution in [2.24, 2.45) is 5.92 Å². The van der Waals surface area contributed by atoms with E-state index in [2.05, 4.69) is 41.5 Å². The van der Waals surface area contributed by atoms with Gasteiger partial charge in [-0.3, -0.25) is 4.79 Å². The Hall–Kier alpha value is -2.82. The molecule has 1 atom stereocenters. The van der Waals surface area contributed by atoms with Gasteiger partial charge >= 0.3 is 0 Å². The van der Waals surface area contributed by atoms with Crippen LogP contribution >= 0.6 is 0 Å². The fourth-order valence-corrected chi connectivity index (χ4v) is 3.38. The Morgan fingerprint density at radius 2 is 1.96 bits per heavy atom. The molecule has 3 rings (SSSR count). The quantitative estimate of drug-likeness (QED) is 0.690. The largest absolute Gasteiger partial charge is 0.496 e. The number of carbonyl (C=O) groups excluding carboxylic acids is 1. The lowest BCUT2D eigenvalue weighted by molar-refractivity contribution is -0.121. The van der Waals surface area contributed by atoms with Crippen LogP contribution in [0.2, 0.25) is 0 Å². The molecule has 0 bridgehead atoms. The molecule has 0 aliphatic carbocycles. The summed E-state index contributed by atoms with van der Waals surface area (Å²) in [4.78, 5) is 17.2. The third kappa shape index (κ3) is 4.13. The topological polar surface area (TPSA) is 55.6 Å². The van der Waals surface area contributed by atoms with E-state index in [9.17, 15) is 4.79 Å². The Balaban J connectivity index is 2.05. The number of fused-ring (bicyclic) bond motifs is 1. The standard InChI is InChI=1S/C22H27N3O2/c1-15(2)13-24-22(26)12-18(17-9-5-6-10-20(17)27-4)19-14-23-21-11-7-8-16(3)25(19)21/h5-11,14-15,18H,12-13H2,1-4H3,(H,24,26). The maximum absolute atomic E-state index is 12.7. The summed E-state index contributed by atoms with van der Waals surface area (Å²) in [7, 11) is 1.66. The monoisotopic (exact) mass is 365 g/mol. The van der Waals surface area contributed by atoms with Gasteiger partial charge in [-0.05, 0) is 31.0 Å². The van der Waals surface area contributed by atoms with Gasteiger partial charge in [0.25, 0.3) is 0 Å². The van der Waals surface area contributed by atoms with Gasteiger partial charge in [0.15, 0.2) is 0 Å². The van der Waals surface area contributed by atoms with E-state index in [-0.39, 0.29) is 11.8 Å². The summed E-state index contributed by atoms with van der Waals surface area (Å²) in [5.41, 5.74) is 3.95. The number of hydrogen-bond acceptors (Lipinski definition) is 3. The van der Waals surface area contributed by atoms with Gasteiger partial charge in [-0.1, -0.05) is 38.1 Å². The number of pyridine rings is 1. The van der Waals surface area contributed by atoms with Crippen LogP contribution in [-0.4, -0.2) is 28.9 Å². The molecular weight excluding hydrogens is 338 g/mol. The Bertz CT molecular complexity index is 930. The van der Waals surface area contributed by atoms with E-state index in [0.29, 0.717) is 18.9 Å². The Morgan fingerprint density at radius 3 is 2.70 bits per heavy atom. The predicted molar refractivity (Wildman–Crippen MR) is 107 cm³/mol. The first-order chi connectivity index (χ1) is 13.0. The number of amides is 1. The van der Waals surface area contributed by atoms with Gasteiger partial charge < -0.3 is 14.5 Å². The molecule has 0 saturated carbocycles. The lowest BCUT2D eigenvalue weighted by atomic mass is 9.91. The zero-order valence-corrected chi connectivity index (χ0v) is 16.4. The van der Waals surface area contributed by atoms with Crippen molar-refractivity contribution in [3.63, 3.8) is 0 Å². The van der Waals surface area contributed by atoms with Crippen LogP contribution in [0.4, 0.5) is 0 Å². The molecule has 0 aliphatic heterocycles. The second kappa shape index (κ2) is 8.25. The first kappa shape index (κ1) is 19.0. The zero-order valence-electron chi connectivity index (χ0n) is 16.4. The summed E-state index contributed by atoms with van der Waals surface area (Å²) in [6.45, 7) is 6.90. The van der Waals surface area contributed by atoms with Crippen LogP contribution in [-0.2, 0) is 4.79 Å². The number of ether oxygens (including phenoxy) is 1.